The van der Waals surface area contributed by atoms with Gasteiger partial charge in [0, 0.05) is 0 Å². The molecule has 0 fully saturated rings. The van der Waals surface area contributed by atoms with Crippen LogP contribution in [0.15, 0.2) is 70.5 Å². The monoisotopic (exact) mass is 1560 g/mol. The molecule has 0 atom stereocenters. The summed E-state index contributed by atoms with van der Waals surface area (Å²) >= 11 is 0. The molecular weight excluding hydrogens is 1400 g/mol. The largest absolute Gasteiger partial charge is 2.00 e. The molecule has 0 amide bonds. The van der Waals surface area contributed by atoms with Gasteiger partial charge in [-0.3, -0.25) is 0 Å². The number of hydrogen-bond donors (Lipinski definition) is 0. The fraction of sp³-hybridized carbons (Fsp3) is 0.783. The molecule has 6 nitrogen and oxygen atoms in total. The van der Waals surface area contributed by atoms with Crippen LogP contribution in [0.2, 0.25) is 0 Å². The van der Waals surface area contributed by atoms with Gasteiger partial charge in [0.2, 0.25) is 0 Å². The summed E-state index contributed by atoms with van der Waals surface area (Å²) in [5.41, 5.74) is 3.70. The Morgan fingerprint density at radius 2 is 0.376 bits per heavy atom. The van der Waals surface area contributed by atoms with Gasteiger partial charge in [-0.05, 0) is 107 Å². The van der Waals surface area contributed by atoms with E-state index in [-0.39, 0.29) is 58.7 Å². The first-order valence-corrected chi connectivity index (χ1v) is 46.8. The molecule has 0 radical (unpaired) electrons. The van der Waals surface area contributed by atoms with E-state index in [2.05, 4.69) is 39.8 Å². The topological polar surface area (TPSA) is 114 Å². The number of aryl methyl sites for hydroxylation is 4. The fourth-order valence-electron chi connectivity index (χ4n) is 15.5. The van der Waals surface area contributed by atoms with Crippen molar-refractivity contribution in [3.8, 4) is 0 Å². The summed E-state index contributed by atoms with van der Waals surface area (Å²) in [6.45, 7) is 9.13. The number of unbranched alkanes of at least 4 members (excludes halogenated alkanes) is 60. The molecule has 0 aromatic heterocycles. The van der Waals surface area contributed by atoms with Crippen molar-refractivity contribution >= 4 is 90.7 Å². The average molecular weight is 1560 g/mol. The normalized spacial score (nSPS) is 11.9. The molecule has 0 aliphatic carbocycles. The van der Waals surface area contributed by atoms with E-state index >= 15 is 0 Å². The van der Waals surface area contributed by atoms with Gasteiger partial charge in [0.15, 0.2) is 0 Å². The van der Waals surface area contributed by atoms with Crippen molar-refractivity contribution in [2.75, 3.05) is 0 Å². The van der Waals surface area contributed by atoms with Gasteiger partial charge < -0.3 is 9.11 Å². The van der Waals surface area contributed by atoms with Crippen molar-refractivity contribution < 1.29 is 25.9 Å². The molecule has 4 rings (SSSR count). The predicted molar refractivity (Wildman–Crippen MR) is 443 cm³/mol. The first-order valence-electron chi connectivity index (χ1n) is 43.9. The van der Waals surface area contributed by atoms with E-state index in [0.717, 1.165) is 73.3 Å². The predicted octanol–water partition coefficient (Wildman–Crippen LogP) is 30.3. The SMILES string of the molecule is CCCCCCCCCCCCCCCCCCc1ccc2ccc(CCCCCCCCCCCCCCCCCC)c(S(=O)(=O)[O-])c2c1.CCCCCCCCCCCCCCCCCCc1ccc2ccc(CCCCCCCCCCCCCCCCCC)c(S(=O)(=O)[O-])c2c1.[Ba+2]. The van der Waals surface area contributed by atoms with E-state index in [0.29, 0.717) is 34.7 Å². The maximum atomic E-state index is 12.5. The zero-order chi connectivity index (χ0) is 71.9. The molecule has 4 aromatic rings. The van der Waals surface area contributed by atoms with Crippen LogP contribution in [0.5, 0.6) is 0 Å². The first kappa shape index (κ1) is 95.9. The van der Waals surface area contributed by atoms with Crippen LogP contribution in [0, 0.1) is 0 Å². The summed E-state index contributed by atoms with van der Waals surface area (Å²) in [6.07, 6.45) is 88.7. The molecule has 0 saturated carbocycles. The molecule has 0 unspecified atom stereocenters. The van der Waals surface area contributed by atoms with Crippen LogP contribution in [0.3, 0.4) is 0 Å². The second kappa shape index (κ2) is 67.0. The minimum Gasteiger partial charge on any atom is -0.744 e. The molecule has 9 heteroatoms. The van der Waals surface area contributed by atoms with Crippen molar-refractivity contribution in [3.63, 3.8) is 0 Å². The fourth-order valence-corrected chi connectivity index (χ4v) is 17.4. The average Bonchev–Trinajstić information content (AvgIpc) is 0.784. The summed E-state index contributed by atoms with van der Waals surface area (Å²) in [5, 5.41) is 2.96. The maximum absolute atomic E-state index is 12.5. The summed E-state index contributed by atoms with van der Waals surface area (Å²) in [7, 11) is -9.10. The number of fused-ring (bicyclic) bond motifs is 2. The molecule has 576 valence electrons. The van der Waals surface area contributed by atoms with Crippen molar-refractivity contribution in [2.24, 2.45) is 0 Å². The zero-order valence-corrected chi connectivity index (χ0v) is 72.9. The van der Waals surface area contributed by atoms with Crippen LogP contribution < -0.4 is 0 Å². The van der Waals surface area contributed by atoms with Crippen LogP contribution in [0.1, 0.15) is 461 Å². The third-order valence-electron chi connectivity index (χ3n) is 22.0. The Morgan fingerprint density at radius 3 is 0.554 bits per heavy atom. The molecule has 101 heavy (non-hydrogen) atoms. The minimum atomic E-state index is -4.55. The van der Waals surface area contributed by atoms with Crippen LogP contribution in [0.4, 0.5) is 0 Å². The Morgan fingerprint density at radius 1 is 0.218 bits per heavy atom. The molecule has 0 N–H and O–H groups in total. The summed E-state index contributed by atoms with van der Waals surface area (Å²) in [6, 6.07) is 20.0. The standard InChI is InChI=1S/2C46H80O3S.Ba/c2*1-3-5-7-9-11-13-15-17-19-21-23-25-27-29-31-33-35-42-37-38-43-39-40-44(46(45(43)41-42)50(47,48)49)36-34-32-30-28-26-24-22-20-18-16-14-12-10-8-6-4-2;/h2*37-41H,3-36H2,1-2H3,(H,47,48,49);/q;;+2/p-2. The van der Waals surface area contributed by atoms with E-state index in [1.54, 1.807) is 0 Å². The third kappa shape index (κ3) is 50.9. The van der Waals surface area contributed by atoms with Gasteiger partial charge in [-0.25, -0.2) is 16.8 Å². The number of benzene rings is 4. The molecular formula is C92H158BaO6S2. The van der Waals surface area contributed by atoms with E-state index in [4.69, 9.17) is 0 Å². The van der Waals surface area contributed by atoms with Crippen LogP contribution in [-0.2, 0) is 45.9 Å². The third-order valence-corrected chi connectivity index (χ3v) is 23.9. The molecule has 0 aliphatic heterocycles. The minimum absolute atomic E-state index is 0. The van der Waals surface area contributed by atoms with Crippen molar-refractivity contribution in [1.82, 2.24) is 0 Å². The molecule has 0 bridgehead atoms. The number of hydrogen-bond acceptors (Lipinski definition) is 6. The van der Waals surface area contributed by atoms with Crippen molar-refractivity contribution in [3.05, 3.63) is 82.9 Å². The summed E-state index contributed by atoms with van der Waals surface area (Å²) < 4.78 is 75.1. The smallest absolute Gasteiger partial charge is 0.744 e. The van der Waals surface area contributed by atoms with E-state index in [1.165, 1.54) is 372 Å². The Labute approximate surface area is 667 Å². The van der Waals surface area contributed by atoms with Crippen LogP contribution in [0.25, 0.3) is 21.5 Å². The zero-order valence-electron chi connectivity index (χ0n) is 66.8. The van der Waals surface area contributed by atoms with Gasteiger partial charge >= 0.3 is 48.9 Å². The molecule has 0 spiro atoms. The van der Waals surface area contributed by atoms with Gasteiger partial charge in [0.05, 0.1) is 9.79 Å². The maximum Gasteiger partial charge on any atom is 2.00 e. The Kier molecular flexibility index (Phi) is 63.5. The van der Waals surface area contributed by atoms with Crippen molar-refractivity contribution in [2.45, 2.75) is 474 Å². The molecule has 0 aliphatic rings. The van der Waals surface area contributed by atoms with Gasteiger partial charge in [-0.1, -0.05) is 461 Å². The molecule has 4 aromatic carbocycles. The first-order chi connectivity index (χ1) is 48.9. The van der Waals surface area contributed by atoms with Crippen LogP contribution >= 0.6 is 0 Å². The van der Waals surface area contributed by atoms with Gasteiger partial charge in [0.25, 0.3) is 0 Å². The Hall–Kier alpha value is -1.21. The van der Waals surface area contributed by atoms with Gasteiger partial charge in [-0.2, -0.15) is 0 Å². The quantitative estimate of drug-likeness (QED) is 0.0247. The Bertz CT molecular complexity index is 2560. The van der Waals surface area contributed by atoms with Crippen LogP contribution in [-0.4, -0.2) is 74.8 Å². The second-order valence-electron chi connectivity index (χ2n) is 31.3. The van der Waals surface area contributed by atoms with E-state index < -0.39 is 20.2 Å². The van der Waals surface area contributed by atoms with E-state index in [1.807, 2.05) is 48.5 Å². The van der Waals surface area contributed by atoms with Gasteiger partial charge in [0.1, 0.15) is 20.2 Å². The van der Waals surface area contributed by atoms with Gasteiger partial charge in [-0.15, -0.1) is 0 Å². The molecule has 0 saturated heterocycles. The molecule has 0 heterocycles. The summed E-state index contributed by atoms with van der Waals surface area (Å²) in [5.74, 6) is 0. The second-order valence-corrected chi connectivity index (χ2v) is 34.0. The number of rotatable bonds is 70. The Balaban J connectivity index is 0.000000680. The summed E-state index contributed by atoms with van der Waals surface area (Å²) in [4.78, 5) is 0.0644. The van der Waals surface area contributed by atoms with Crippen molar-refractivity contribution in [1.29, 1.82) is 0 Å². The van der Waals surface area contributed by atoms with E-state index in [9.17, 15) is 25.9 Å².